The van der Waals surface area contributed by atoms with E-state index in [1.807, 2.05) is 19.2 Å². The number of nitrogens with zero attached hydrogens (tertiary/aromatic N) is 1. The second-order valence-electron chi connectivity index (χ2n) is 5.66. The fraction of sp³-hybridized carbons (Fsp3) is 0.278. The van der Waals surface area contributed by atoms with Gasteiger partial charge in [-0.2, -0.15) is 0 Å². The fourth-order valence-electron chi connectivity index (χ4n) is 2.55. The summed E-state index contributed by atoms with van der Waals surface area (Å²) in [5.74, 6) is -0.153. The first-order valence-electron chi connectivity index (χ1n) is 7.95. The van der Waals surface area contributed by atoms with Gasteiger partial charge < -0.3 is 14.9 Å². The number of carbonyl (C=O) groups is 1. The second kappa shape index (κ2) is 7.16. The van der Waals surface area contributed by atoms with Crippen LogP contribution in [0.4, 0.5) is 0 Å². The summed E-state index contributed by atoms with van der Waals surface area (Å²) < 4.78 is 10.9. The lowest BCUT2D eigenvalue weighted by Crippen LogP contribution is -2.20. The van der Waals surface area contributed by atoms with E-state index in [-0.39, 0.29) is 12.0 Å². The van der Waals surface area contributed by atoms with Crippen LogP contribution in [0.5, 0.6) is 5.75 Å². The first kappa shape index (κ1) is 17.3. The molecule has 0 atom stereocenters. The van der Waals surface area contributed by atoms with Crippen LogP contribution in [0, 0.1) is 6.92 Å². The fourth-order valence-corrected chi connectivity index (χ4v) is 3.35. The number of esters is 1. The Morgan fingerprint density at radius 3 is 2.84 bits per heavy atom. The van der Waals surface area contributed by atoms with Gasteiger partial charge in [-0.15, -0.1) is 11.3 Å². The van der Waals surface area contributed by atoms with Crippen LogP contribution in [0.1, 0.15) is 24.6 Å². The van der Waals surface area contributed by atoms with E-state index in [1.54, 1.807) is 12.1 Å². The maximum Gasteiger partial charge on any atom is 0.325 e. The largest absolute Gasteiger partial charge is 0.463 e. The number of carbonyl (C=O) groups excluding carboxylic acids is 1. The predicted molar refractivity (Wildman–Crippen MR) is 97.0 cm³/mol. The van der Waals surface area contributed by atoms with Crippen LogP contribution in [-0.4, -0.2) is 17.5 Å². The molecule has 0 bridgehead atoms. The molecule has 0 amide bonds. The number of thiazole rings is 1. The van der Waals surface area contributed by atoms with Gasteiger partial charge in [-0.05, 0) is 25.0 Å². The van der Waals surface area contributed by atoms with E-state index in [0.29, 0.717) is 33.7 Å². The molecule has 0 aliphatic rings. The molecule has 0 saturated carbocycles. The van der Waals surface area contributed by atoms with E-state index >= 15 is 0 Å². The smallest absolute Gasteiger partial charge is 0.325 e. The maximum absolute atomic E-state index is 12.9. The number of aromatic nitrogens is 1. The standard InChI is InChI=1S/C18H18N2O4S/c1-3-4-11-5-12-15(6-14(11)24-16(21)7-19)23-8-13(17(12)22)18-20-10(2)9-25-18/h5-6,8-9H,3-4,7,19H2,1-2H3. The van der Waals surface area contributed by atoms with Crippen molar-refractivity contribution < 1.29 is 13.9 Å². The minimum Gasteiger partial charge on any atom is -0.463 e. The Balaban J connectivity index is 2.16. The summed E-state index contributed by atoms with van der Waals surface area (Å²) in [5.41, 5.74) is 7.59. The third kappa shape index (κ3) is 3.47. The lowest BCUT2D eigenvalue weighted by atomic mass is 10.0. The van der Waals surface area contributed by atoms with Crippen LogP contribution in [0.2, 0.25) is 0 Å². The van der Waals surface area contributed by atoms with Crippen LogP contribution in [-0.2, 0) is 11.2 Å². The van der Waals surface area contributed by atoms with E-state index in [2.05, 4.69) is 4.98 Å². The minimum absolute atomic E-state index is 0.148. The van der Waals surface area contributed by atoms with Crippen LogP contribution in [0.3, 0.4) is 0 Å². The molecule has 0 aliphatic carbocycles. The molecule has 130 valence electrons. The van der Waals surface area contributed by atoms with Crippen molar-refractivity contribution in [2.45, 2.75) is 26.7 Å². The van der Waals surface area contributed by atoms with Gasteiger partial charge in [0, 0.05) is 17.1 Å². The van der Waals surface area contributed by atoms with Gasteiger partial charge in [0.05, 0.1) is 17.5 Å². The zero-order valence-electron chi connectivity index (χ0n) is 14.0. The molecular formula is C18H18N2O4S. The number of aryl methyl sites for hydroxylation is 2. The molecule has 0 spiro atoms. The Labute approximate surface area is 148 Å². The van der Waals surface area contributed by atoms with Crippen LogP contribution in [0.25, 0.3) is 21.5 Å². The molecule has 3 aromatic rings. The predicted octanol–water partition coefficient (Wildman–Crippen LogP) is 3.04. The first-order chi connectivity index (χ1) is 12.0. The highest BCUT2D eigenvalue weighted by atomic mass is 32.1. The number of rotatable bonds is 5. The SMILES string of the molecule is CCCc1cc2c(=O)c(-c3nc(C)cs3)coc2cc1OC(=O)CN. The highest BCUT2D eigenvalue weighted by Gasteiger charge is 2.16. The van der Waals surface area contributed by atoms with Crippen LogP contribution < -0.4 is 15.9 Å². The molecule has 3 rings (SSSR count). The summed E-state index contributed by atoms with van der Waals surface area (Å²) in [6, 6.07) is 3.31. The molecule has 7 heteroatoms. The molecule has 0 radical (unpaired) electrons. The van der Waals surface area contributed by atoms with Crippen LogP contribution >= 0.6 is 11.3 Å². The van der Waals surface area contributed by atoms with Gasteiger partial charge in [-0.25, -0.2) is 4.98 Å². The van der Waals surface area contributed by atoms with Crippen molar-refractivity contribution >= 4 is 28.3 Å². The normalized spacial score (nSPS) is 11.0. The molecule has 1 aromatic carbocycles. The van der Waals surface area contributed by atoms with Crippen LogP contribution in [0.15, 0.2) is 33.0 Å². The molecule has 0 unspecified atom stereocenters. The molecule has 0 aliphatic heterocycles. The first-order valence-corrected chi connectivity index (χ1v) is 8.83. The number of hydrogen-bond acceptors (Lipinski definition) is 7. The monoisotopic (exact) mass is 358 g/mol. The lowest BCUT2D eigenvalue weighted by Gasteiger charge is -2.10. The summed E-state index contributed by atoms with van der Waals surface area (Å²) >= 11 is 1.40. The summed E-state index contributed by atoms with van der Waals surface area (Å²) in [5, 5.41) is 2.96. The van der Waals surface area contributed by atoms with E-state index in [9.17, 15) is 9.59 Å². The van der Waals surface area contributed by atoms with E-state index in [0.717, 1.165) is 17.7 Å². The molecule has 25 heavy (non-hydrogen) atoms. The number of ether oxygens (including phenoxy) is 1. The Morgan fingerprint density at radius 2 is 2.20 bits per heavy atom. The van der Waals surface area contributed by atoms with E-state index in [4.69, 9.17) is 14.9 Å². The van der Waals surface area contributed by atoms with Gasteiger partial charge in [-0.3, -0.25) is 9.59 Å². The topological polar surface area (TPSA) is 95.4 Å². The third-order valence-corrected chi connectivity index (χ3v) is 4.71. The Morgan fingerprint density at radius 1 is 1.40 bits per heavy atom. The minimum atomic E-state index is -0.533. The number of nitrogens with two attached hydrogens (primary N) is 1. The van der Waals surface area contributed by atoms with Crippen molar-refractivity contribution in [3.8, 4) is 16.3 Å². The van der Waals surface area contributed by atoms with Crippen molar-refractivity contribution in [3.05, 3.63) is 45.3 Å². The van der Waals surface area contributed by atoms with Crippen molar-refractivity contribution in [1.82, 2.24) is 4.98 Å². The quantitative estimate of drug-likeness (QED) is 0.556. The molecule has 0 saturated heterocycles. The molecule has 6 nitrogen and oxygen atoms in total. The molecule has 2 aromatic heterocycles. The third-order valence-electron chi connectivity index (χ3n) is 3.71. The second-order valence-corrected chi connectivity index (χ2v) is 6.51. The zero-order valence-corrected chi connectivity index (χ0v) is 14.8. The number of fused-ring (bicyclic) bond motifs is 1. The van der Waals surface area contributed by atoms with Crippen molar-refractivity contribution in [1.29, 1.82) is 0 Å². The Hall–Kier alpha value is -2.51. The molecule has 2 N–H and O–H groups in total. The highest BCUT2D eigenvalue weighted by molar-refractivity contribution is 7.13. The summed E-state index contributed by atoms with van der Waals surface area (Å²) in [4.78, 5) is 28.7. The summed E-state index contributed by atoms with van der Waals surface area (Å²) in [6.07, 6.45) is 2.91. The van der Waals surface area contributed by atoms with Gasteiger partial charge in [0.1, 0.15) is 22.6 Å². The van der Waals surface area contributed by atoms with Crippen molar-refractivity contribution in [2.24, 2.45) is 5.73 Å². The Bertz CT molecular complexity index is 990. The molecule has 2 heterocycles. The summed E-state index contributed by atoms with van der Waals surface area (Å²) in [6.45, 7) is 3.67. The van der Waals surface area contributed by atoms with E-state index < -0.39 is 5.97 Å². The van der Waals surface area contributed by atoms with Gasteiger partial charge in [0.25, 0.3) is 0 Å². The van der Waals surface area contributed by atoms with Gasteiger partial charge in [-0.1, -0.05) is 13.3 Å². The molecule has 0 fully saturated rings. The van der Waals surface area contributed by atoms with E-state index in [1.165, 1.54) is 17.6 Å². The zero-order chi connectivity index (χ0) is 18.0. The lowest BCUT2D eigenvalue weighted by molar-refractivity contribution is -0.132. The maximum atomic E-state index is 12.9. The number of benzene rings is 1. The highest BCUT2D eigenvalue weighted by Crippen LogP contribution is 2.29. The van der Waals surface area contributed by atoms with Crippen molar-refractivity contribution in [3.63, 3.8) is 0 Å². The van der Waals surface area contributed by atoms with Gasteiger partial charge in [0.2, 0.25) is 5.43 Å². The van der Waals surface area contributed by atoms with Gasteiger partial charge >= 0.3 is 5.97 Å². The van der Waals surface area contributed by atoms with Gasteiger partial charge in [0.15, 0.2) is 0 Å². The summed E-state index contributed by atoms with van der Waals surface area (Å²) in [7, 11) is 0. The average molecular weight is 358 g/mol. The van der Waals surface area contributed by atoms with Crippen molar-refractivity contribution in [2.75, 3.05) is 6.54 Å². The average Bonchev–Trinajstić information content (AvgIpc) is 3.02. The molecular weight excluding hydrogens is 340 g/mol. The number of hydrogen-bond donors (Lipinski definition) is 1. The Kier molecular flexibility index (Phi) is 4.96.